The lowest BCUT2D eigenvalue weighted by molar-refractivity contribution is -0.127. The lowest BCUT2D eigenvalue weighted by atomic mass is 9.82. The number of hydrogen-bond donors (Lipinski definition) is 1. The first-order valence-electron chi connectivity index (χ1n) is 15.9. The molecule has 6 rings (SSSR count). The Hall–Kier alpha value is -3.93. The average molecular weight is 701 g/mol. The Morgan fingerprint density at radius 3 is 1.73 bits per heavy atom. The molecular weight excluding hydrogens is 666 g/mol. The van der Waals surface area contributed by atoms with Crippen LogP contribution in [0.15, 0.2) is 91.0 Å². The smallest absolute Gasteiger partial charge is 0.352 e. The molecular formula is C36H34F5N2O5P. The predicted octanol–water partition coefficient (Wildman–Crippen LogP) is 8.01. The summed E-state index contributed by atoms with van der Waals surface area (Å²) in [4.78, 5) is 15.6. The molecule has 0 unspecified atom stereocenters. The highest BCUT2D eigenvalue weighted by atomic mass is 31.2. The molecule has 4 aromatic rings. The molecule has 2 heterocycles. The number of hydrogen-bond acceptors (Lipinski definition) is 6. The van der Waals surface area contributed by atoms with E-state index in [-0.39, 0.29) is 26.3 Å². The van der Waals surface area contributed by atoms with Crippen molar-refractivity contribution < 1.29 is 44.9 Å². The zero-order valence-electron chi connectivity index (χ0n) is 26.2. The largest absolute Gasteiger partial charge is 0.475 e. The highest BCUT2D eigenvalue weighted by Crippen LogP contribution is 2.55. The van der Waals surface area contributed by atoms with Gasteiger partial charge in [0.15, 0.2) is 23.3 Å². The highest BCUT2D eigenvalue weighted by molar-refractivity contribution is 7.48. The third-order valence-corrected chi connectivity index (χ3v) is 10.4. The molecule has 49 heavy (non-hydrogen) atoms. The first kappa shape index (κ1) is 34.9. The summed E-state index contributed by atoms with van der Waals surface area (Å²) in [5.74, 6) is -13.4. The highest BCUT2D eigenvalue weighted by Gasteiger charge is 2.56. The molecule has 4 atom stereocenters. The van der Waals surface area contributed by atoms with Gasteiger partial charge in [-0.1, -0.05) is 91.0 Å². The summed E-state index contributed by atoms with van der Waals surface area (Å²) in [6.07, 6.45) is 0.959. The van der Waals surface area contributed by atoms with Crippen LogP contribution in [0.4, 0.5) is 22.0 Å². The van der Waals surface area contributed by atoms with Crippen molar-refractivity contribution in [3.8, 4) is 0 Å². The number of nitrogens with zero attached hydrogens (tertiary/aromatic N) is 1. The maximum atomic E-state index is 15.4. The van der Waals surface area contributed by atoms with Gasteiger partial charge in [0, 0.05) is 24.1 Å². The van der Waals surface area contributed by atoms with Gasteiger partial charge in [0.2, 0.25) is 11.7 Å². The number of rotatable bonds is 13. The molecule has 0 bridgehead atoms. The summed E-state index contributed by atoms with van der Waals surface area (Å²) in [5.41, 5.74) is 1.00. The number of carbonyl (C=O) groups excluding carboxylic acids is 1. The van der Waals surface area contributed by atoms with Crippen LogP contribution in [0.2, 0.25) is 0 Å². The minimum Gasteiger partial charge on any atom is -0.352 e. The van der Waals surface area contributed by atoms with E-state index in [9.17, 15) is 22.5 Å². The topological polar surface area (TPSA) is 77.1 Å². The van der Waals surface area contributed by atoms with E-state index in [4.69, 9.17) is 13.6 Å². The number of nitrogens with one attached hydrogen (secondary N) is 1. The van der Waals surface area contributed by atoms with E-state index in [1.54, 1.807) is 83.8 Å². The summed E-state index contributed by atoms with van der Waals surface area (Å²) >= 11 is 0. The Bertz CT molecular complexity index is 1730. The van der Waals surface area contributed by atoms with E-state index >= 15 is 8.78 Å². The van der Waals surface area contributed by atoms with Gasteiger partial charge in [-0.2, -0.15) is 0 Å². The van der Waals surface area contributed by atoms with Crippen molar-refractivity contribution in [2.75, 3.05) is 13.2 Å². The van der Waals surface area contributed by atoms with Crippen molar-refractivity contribution in [2.45, 2.75) is 44.7 Å². The lowest BCUT2D eigenvalue weighted by Crippen LogP contribution is -2.39. The molecule has 2 fully saturated rings. The summed E-state index contributed by atoms with van der Waals surface area (Å²) < 4.78 is 106. The molecule has 0 saturated carbocycles. The second-order valence-corrected chi connectivity index (χ2v) is 13.7. The Morgan fingerprint density at radius 1 is 0.714 bits per heavy atom. The summed E-state index contributed by atoms with van der Waals surface area (Å²) in [6, 6.07) is 24.5. The summed E-state index contributed by atoms with van der Waals surface area (Å²) in [5, 5.41) is 2.77. The van der Waals surface area contributed by atoms with Gasteiger partial charge in [-0.25, -0.2) is 26.5 Å². The molecule has 0 aromatic heterocycles. The lowest BCUT2D eigenvalue weighted by Gasteiger charge is -2.29. The van der Waals surface area contributed by atoms with Gasteiger partial charge >= 0.3 is 7.82 Å². The van der Waals surface area contributed by atoms with E-state index in [1.165, 1.54) is 0 Å². The standard InChI is InChI=1S/C36H34F5N2O5P/c37-30-29(31(38)33(40)34(41)32(30)39)35-28(36(44)42-19-23-11-4-1-5-12-23)26(27-17-10-18-43(27)35)22-48-49(45,46-20-24-13-6-2-7-14-24)47-21-25-15-8-3-9-16-25/h1-9,11-16,26-28,35H,10,17-22H2,(H,42,44)/t26-,27-,28-,35+/m1/s1. The Morgan fingerprint density at radius 2 is 1.20 bits per heavy atom. The molecule has 0 aliphatic carbocycles. The average Bonchev–Trinajstić information content (AvgIpc) is 3.73. The van der Waals surface area contributed by atoms with Crippen molar-refractivity contribution in [1.82, 2.24) is 10.2 Å². The number of phosphoric ester groups is 1. The number of carbonyl (C=O) groups is 1. The first-order valence-corrected chi connectivity index (χ1v) is 17.3. The van der Waals surface area contributed by atoms with Crippen LogP contribution >= 0.6 is 7.82 Å². The molecule has 2 saturated heterocycles. The number of fused-ring (bicyclic) bond motifs is 1. The van der Waals surface area contributed by atoms with E-state index in [1.807, 2.05) is 12.1 Å². The molecule has 0 radical (unpaired) electrons. The van der Waals surface area contributed by atoms with Crippen molar-refractivity contribution in [1.29, 1.82) is 0 Å². The molecule has 258 valence electrons. The van der Waals surface area contributed by atoms with Crippen molar-refractivity contribution in [3.63, 3.8) is 0 Å². The van der Waals surface area contributed by atoms with E-state index in [2.05, 4.69) is 5.32 Å². The zero-order valence-corrected chi connectivity index (χ0v) is 27.1. The van der Waals surface area contributed by atoms with Gasteiger partial charge in [-0.05, 0) is 36.1 Å². The molecule has 7 nitrogen and oxygen atoms in total. The van der Waals surface area contributed by atoms with Crippen LogP contribution in [0.5, 0.6) is 0 Å². The summed E-state index contributed by atoms with van der Waals surface area (Å²) in [7, 11) is -4.36. The fraction of sp³-hybridized carbons (Fsp3) is 0.306. The maximum absolute atomic E-state index is 15.4. The van der Waals surface area contributed by atoms with E-state index < -0.39 is 78.9 Å². The fourth-order valence-electron chi connectivity index (χ4n) is 6.73. The molecule has 4 aromatic carbocycles. The van der Waals surface area contributed by atoms with Gasteiger partial charge in [-0.3, -0.25) is 23.3 Å². The Balaban J connectivity index is 1.33. The number of amides is 1. The van der Waals surface area contributed by atoms with Crippen molar-refractivity contribution in [3.05, 3.63) is 142 Å². The predicted molar refractivity (Wildman–Crippen MR) is 170 cm³/mol. The molecule has 1 N–H and O–H groups in total. The fourth-order valence-corrected chi connectivity index (χ4v) is 7.92. The van der Waals surface area contributed by atoms with Crippen LogP contribution in [-0.4, -0.2) is 30.0 Å². The van der Waals surface area contributed by atoms with Gasteiger partial charge in [0.25, 0.3) is 0 Å². The van der Waals surface area contributed by atoms with Crippen LogP contribution < -0.4 is 5.32 Å². The summed E-state index contributed by atoms with van der Waals surface area (Å²) in [6.45, 7) is -0.447. The number of halogens is 5. The number of benzene rings is 4. The van der Waals surface area contributed by atoms with Gasteiger partial charge < -0.3 is 5.32 Å². The van der Waals surface area contributed by atoms with Gasteiger partial charge in [0.1, 0.15) is 0 Å². The number of phosphoric acid groups is 1. The minimum atomic E-state index is -4.36. The first-order chi connectivity index (χ1) is 23.7. The SMILES string of the molecule is O=C(NCc1ccccc1)[C@@H]1[C@H](COP(=O)(OCc2ccccc2)OCc2ccccc2)[C@H]2CCCN2[C@@H]1c1c(F)c(F)c(F)c(F)c1F. The van der Waals surface area contributed by atoms with Crippen LogP contribution in [0.25, 0.3) is 0 Å². The van der Waals surface area contributed by atoms with Gasteiger partial charge in [-0.15, -0.1) is 0 Å². The van der Waals surface area contributed by atoms with Crippen molar-refractivity contribution in [2.24, 2.45) is 11.8 Å². The Kier molecular flexibility index (Phi) is 10.9. The van der Waals surface area contributed by atoms with Crippen molar-refractivity contribution >= 4 is 13.7 Å². The quantitative estimate of drug-likeness (QED) is 0.0660. The third kappa shape index (κ3) is 7.64. The minimum absolute atomic E-state index is 0.0388. The molecule has 1 amide bonds. The molecule has 2 aliphatic heterocycles. The monoisotopic (exact) mass is 700 g/mol. The second kappa shape index (κ2) is 15.3. The van der Waals surface area contributed by atoms with Gasteiger partial charge in [0.05, 0.1) is 31.8 Å². The van der Waals surface area contributed by atoms with Crippen LogP contribution in [-0.2, 0) is 42.7 Å². The molecule has 13 heteroatoms. The normalized spacial score (nSPS) is 20.8. The van der Waals surface area contributed by atoms with E-state index in [0.717, 1.165) is 5.56 Å². The second-order valence-electron chi connectivity index (χ2n) is 12.0. The molecule has 2 aliphatic rings. The van der Waals surface area contributed by atoms with Crippen LogP contribution in [0, 0.1) is 40.9 Å². The van der Waals surface area contributed by atoms with E-state index in [0.29, 0.717) is 24.0 Å². The van der Waals surface area contributed by atoms with Crippen LogP contribution in [0.3, 0.4) is 0 Å². The third-order valence-electron chi connectivity index (χ3n) is 9.04. The Labute approximate surface area is 280 Å². The maximum Gasteiger partial charge on any atom is 0.475 e. The van der Waals surface area contributed by atoms with Crippen LogP contribution in [0.1, 0.15) is 41.1 Å². The molecule has 0 spiro atoms. The zero-order chi connectivity index (χ0) is 34.5.